The number of esters is 2. The van der Waals surface area contributed by atoms with Crippen molar-refractivity contribution in [2.75, 3.05) is 14.1 Å². The largest absolute Gasteiger partial charge is 0.393 e. The van der Waals surface area contributed by atoms with E-state index in [1.807, 2.05) is 58.3 Å². The molecule has 0 amide bonds. The Bertz CT molecular complexity index is 3110. The van der Waals surface area contributed by atoms with Crippen LogP contribution in [-0.4, -0.2) is 65.8 Å². The van der Waals surface area contributed by atoms with Crippen LogP contribution < -0.4 is 12.3 Å². The normalized spacial score (nSPS) is 12.3. The molecule has 6 N–H and O–H groups in total. The topological polar surface area (TPSA) is 181 Å². The quantitative estimate of drug-likeness (QED) is 0.0694. The zero-order valence-electron chi connectivity index (χ0n) is 40.8. The van der Waals surface area contributed by atoms with Crippen molar-refractivity contribution >= 4 is 65.9 Å². The van der Waals surface area contributed by atoms with Gasteiger partial charge in [-0.15, -0.1) is 10.2 Å². The third-order valence-electron chi connectivity index (χ3n) is 13.0. The summed E-state index contributed by atoms with van der Waals surface area (Å²) in [6.45, 7) is 11.2. The number of rotatable bonds is 16. The molecule has 0 saturated carbocycles. The van der Waals surface area contributed by atoms with Gasteiger partial charge >= 0.3 is 11.9 Å². The maximum Gasteiger partial charge on any atom is 0.314 e. The lowest BCUT2D eigenvalue weighted by Gasteiger charge is -2.24. The van der Waals surface area contributed by atoms with Crippen LogP contribution in [0.3, 0.4) is 0 Å². The van der Waals surface area contributed by atoms with E-state index in [9.17, 15) is 9.59 Å². The predicted molar refractivity (Wildman–Crippen MR) is 282 cm³/mol. The van der Waals surface area contributed by atoms with Gasteiger partial charge < -0.3 is 17.0 Å². The molecule has 0 aliphatic carbocycles. The summed E-state index contributed by atoms with van der Waals surface area (Å²) in [6, 6.07) is 37.6. The Labute approximate surface area is 421 Å². The lowest BCUT2D eigenvalue weighted by Crippen LogP contribution is -2.20. The second kappa shape index (κ2) is 22.7. The number of halogens is 2. The van der Waals surface area contributed by atoms with Crippen LogP contribution in [-0.2, 0) is 54.6 Å². The Hall–Kier alpha value is -5.94. The van der Waals surface area contributed by atoms with Gasteiger partial charge in [-0.1, -0.05) is 115 Å². The van der Waals surface area contributed by atoms with Gasteiger partial charge in [-0.2, -0.15) is 0 Å². The molecule has 0 aliphatic heterocycles. The molecule has 0 aliphatic rings. The Morgan fingerprint density at radius 2 is 1.03 bits per heavy atom. The number of benzene rings is 6. The van der Waals surface area contributed by atoms with Gasteiger partial charge in [0.2, 0.25) is 0 Å². The molecule has 15 heteroatoms. The summed E-state index contributed by atoms with van der Waals surface area (Å²) >= 11 is 7.15. The number of aryl methyl sites for hydroxylation is 6. The van der Waals surface area contributed by atoms with E-state index in [0.717, 1.165) is 99.7 Å². The highest BCUT2D eigenvalue weighted by atomic mass is 79.9. The Kier molecular flexibility index (Phi) is 17.2. The van der Waals surface area contributed by atoms with Gasteiger partial charge in [0.1, 0.15) is 11.0 Å². The predicted octanol–water partition coefficient (Wildman–Crippen LogP) is 11.4. The van der Waals surface area contributed by atoms with Crippen LogP contribution in [0.1, 0.15) is 91.4 Å². The lowest BCUT2D eigenvalue weighted by atomic mass is 9.84. The molecule has 360 valence electrons. The van der Waals surface area contributed by atoms with E-state index in [4.69, 9.17) is 4.74 Å². The summed E-state index contributed by atoms with van der Waals surface area (Å²) in [6.07, 6.45) is -0.104. The van der Waals surface area contributed by atoms with Gasteiger partial charge in [-0.25, -0.2) is 9.36 Å². The smallest absolute Gasteiger partial charge is 0.314 e. The van der Waals surface area contributed by atoms with Crippen LogP contribution in [0.25, 0.3) is 22.1 Å². The van der Waals surface area contributed by atoms with Crippen LogP contribution in [0.2, 0.25) is 0 Å². The highest BCUT2D eigenvalue weighted by Crippen LogP contribution is 2.37. The van der Waals surface area contributed by atoms with Gasteiger partial charge in [0, 0.05) is 61.1 Å². The number of carbonyl (C=O) groups is 2. The Morgan fingerprint density at radius 1 is 0.565 bits per heavy atom. The van der Waals surface area contributed by atoms with Gasteiger partial charge in [0.25, 0.3) is 0 Å². The van der Waals surface area contributed by atoms with Crippen molar-refractivity contribution < 1.29 is 14.3 Å². The molecule has 69 heavy (non-hydrogen) atoms. The number of hydrogen-bond donors (Lipinski definition) is 2. The Morgan fingerprint density at radius 3 is 1.49 bits per heavy atom. The first-order chi connectivity index (χ1) is 32.1. The van der Waals surface area contributed by atoms with Crippen molar-refractivity contribution in [1.29, 1.82) is 0 Å². The van der Waals surface area contributed by atoms with Crippen LogP contribution in [0.15, 0.2) is 118 Å². The fraction of sp³-hybridized carbons (Fsp3) is 0.296. The first-order valence-electron chi connectivity index (χ1n) is 22.5. The lowest BCUT2D eigenvalue weighted by molar-refractivity contribution is -0.159. The average molecular weight is 1060 g/mol. The highest BCUT2D eigenvalue weighted by molar-refractivity contribution is 9.10. The molecule has 0 fully saturated rings. The first kappa shape index (κ1) is 52.4. The van der Waals surface area contributed by atoms with E-state index >= 15 is 0 Å². The van der Waals surface area contributed by atoms with Gasteiger partial charge in [0.05, 0.1) is 23.9 Å². The number of aromatic nitrogens is 6. The van der Waals surface area contributed by atoms with Crippen molar-refractivity contribution in [3.8, 4) is 0 Å². The minimum absolute atomic E-state index is 0. The van der Waals surface area contributed by atoms with Gasteiger partial charge in [-0.3, -0.25) is 19.4 Å². The Balaban J connectivity index is 0.00000391. The molecule has 0 saturated heterocycles. The van der Waals surface area contributed by atoms with Crippen LogP contribution in [0, 0.1) is 27.7 Å². The van der Waals surface area contributed by atoms with Crippen molar-refractivity contribution in [3.05, 3.63) is 185 Å². The molecule has 0 radical (unpaired) electrons. The number of carbonyl (C=O) groups excluding carboxylic acids is 2. The molecule has 2 atom stereocenters. The molecule has 2 unspecified atom stereocenters. The molecule has 2 heterocycles. The summed E-state index contributed by atoms with van der Waals surface area (Å²) < 4.78 is 11.5. The fourth-order valence-electron chi connectivity index (χ4n) is 9.31. The average Bonchev–Trinajstić information content (AvgIpc) is 3.87. The zero-order chi connectivity index (χ0) is 47.5. The van der Waals surface area contributed by atoms with Crippen LogP contribution in [0.5, 0.6) is 0 Å². The van der Waals surface area contributed by atoms with Crippen LogP contribution >= 0.6 is 31.9 Å². The maximum atomic E-state index is 14.3. The fourth-order valence-corrected chi connectivity index (χ4v) is 10.0. The standard InChI is InChI=1S/C54H56Br2N8O3.2H3N/c1-33-12-16-39(25-41(33)31-61(5)29-37-14-18-43(55)19-15-37)47(45-20-22-49-53(35(45)3)57-59-63(49)7)27-51(65)67-52(66)28-48(46-21-23-50-54(36(46)4)58-60-64(50)8)40-17-13-34(2)42(26-40)32-62(6)30-38-10-9-11-44(56)24-38;;/h9-26,47-48H,27-32H2,1-8H3;2*1H3. The molecule has 8 rings (SSSR count). The SMILES string of the molecule is Cc1ccc(C(CC(=O)OC(=O)CC(c2ccc(C)c(CN(C)Cc3cccc(Br)c3)c2)c2ccc3c(nnn3C)c2C)c2ccc3c(nnn3C)c2C)cc1CN(C)Cc1ccc(Br)cc1.N.N. The highest BCUT2D eigenvalue weighted by Gasteiger charge is 2.28. The molecule has 13 nitrogen and oxygen atoms in total. The van der Waals surface area contributed by atoms with Gasteiger partial charge in [0.15, 0.2) is 0 Å². The maximum absolute atomic E-state index is 14.3. The second-order valence-corrected chi connectivity index (χ2v) is 19.9. The number of ether oxygens (including phenoxy) is 1. The molecule has 0 spiro atoms. The zero-order valence-corrected chi connectivity index (χ0v) is 43.9. The van der Waals surface area contributed by atoms with Crippen molar-refractivity contribution in [2.45, 2.75) is 78.6 Å². The first-order valence-corrected chi connectivity index (χ1v) is 24.1. The molecule has 0 bridgehead atoms. The molecular formula is C54H62Br2N10O3. The van der Waals surface area contributed by atoms with Crippen molar-refractivity contribution in [3.63, 3.8) is 0 Å². The summed E-state index contributed by atoms with van der Waals surface area (Å²) in [5.41, 5.74) is 16.0. The molecule has 2 aromatic heterocycles. The minimum Gasteiger partial charge on any atom is -0.393 e. The van der Waals surface area contributed by atoms with E-state index < -0.39 is 23.8 Å². The monoisotopic (exact) mass is 1060 g/mol. The summed E-state index contributed by atoms with van der Waals surface area (Å²) in [5, 5.41) is 17.5. The summed E-state index contributed by atoms with van der Waals surface area (Å²) in [4.78, 5) is 33.2. The van der Waals surface area contributed by atoms with E-state index in [1.165, 1.54) is 11.1 Å². The van der Waals surface area contributed by atoms with E-state index in [1.54, 1.807) is 9.36 Å². The number of fused-ring (bicyclic) bond motifs is 2. The molecular weight excluding hydrogens is 996 g/mol. The molecule has 6 aromatic carbocycles. The third-order valence-corrected chi connectivity index (χ3v) is 14.0. The van der Waals surface area contributed by atoms with Gasteiger partial charge in [-0.05, 0) is 145 Å². The summed E-state index contributed by atoms with van der Waals surface area (Å²) in [7, 11) is 7.96. The van der Waals surface area contributed by atoms with Crippen LogP contribution in [0.4, 0.5) is 0 Å². The third kappa shape index (κ3) is 12.1. The van der Waals surface area contributed by atoms with Crippen molar-refractivity contribution in [1.82, 2.24) is 52.1 Å². The second-order valence-electron chi connectivity index (χ2n) is 18.1. The molecule has 8 aromatic rings. The van der Waals surface area contributed by atoms with E-state index in [2.05, 4.69) is 169 Å². The minimum atomic E-state index is -0.596. The van der Waals surface area contributed by atoms with E-state index in [-0.39, 0.29) is 25.1 Å². The van der Waals surface area contributed by atoms with E-state index in [0.29, 0.717) is 13.1 Å². The number of hydrogen-bond acceptors (Lipinski definition) is 11. The number of nitrogens with zero attached hydrogens (tertiary/aromatic N) is 8. The van der Waals surface area contributed by atoms with Crippen molar-refractivity contribution in [2.24, 2.45) is 14.1 Å². The summed E-state index contributed by atoms with van der Waals surface area (Å²) in [5.74, 6) is -2.04.